The zero-order chi connectivity index (χ0) is 16.9. The molecule has 0 unspecified atom stereocenters. The summed E-state index contributed by atoms with van der Waals surface area (Å²) in [6.45, 7) is 5.19. The monoisotopic (exact) mass is 349 g/mol. The van der Waals surface area contributed by atoms with Crippen LogP contribution < -0.4 is 4.90 Å². The highest BCUT2D eigenvalue weighted by molar-refractivity contribution is 7.89. The Labute approximate surface area is 143 Å². The molecular formula is C17H23N3O3S. The molecule has 0 saturated carbocycles. The Balaban J connectivity index is 1.63. The van der Waals surface area contributed by atoms with Crippen LogP contribution in [0.25, 0.3) is 0 Å². The fourth-order valence-electron chi connectivity index (χ4n) is 4.18. The van der Waals surface area contributed by atoms with Crippen LogP contribution in [0, 0.1) is 0 Å². The van der Waals surface area contributed by atoms with Gasteiger partial charge in [0.2, 0.25) is 15.9 Å². The maximum Gasteiger partial charge on any atom is 0.243 e. The average Bonchev–Trinajstić information content (AvgIpc) is 3.19. The number of hydrogen-bond acceptors (Lipinski definition) is 4. The van der Waals surface area contributed by atoms with E-state index >= 15 is 0 Å². The van der Waals surface area contributed by atoms with E-state index in [2.05, 4.69) is 4.90 Å². The molecule has 1 atom stereocenters. The predicted octanol–water partition coefficient (Wildman–Crippen LogP) is 1.06. The molecule has 130 valence electrons. The highest BCUT2D eigenvalue weighted by atomic mass is 32.2. The highest BCUT2D eigenvalue weighted by Gasteiger charge is 2.36. The van der Waals surface area contributed by atoms with Gasteiger partial charge in [-0.2, -0.15) is 4.31 Å². The van der Waals surface area contributed by atoms with E-state index in [0.717, 1.165) is 43.6 Å². The summed E-state index contributed by atoms with van der Waals surface area (Å²) in [6, 6.07) is 5.59. The summed E-state index contributed by atoms with van der Waals surface area (Å²) < 4.78 is 27.7. The zero-order valence-electron chi connectivity index (χ0n) is 13.9. The van der Waals surface area contributed by atoms with E-state index in [-0.39, 0.29) is 5.91 Å². The summed E-state index contributed by atoms with van der Waals surface area (Å²) in [5.41, 5.74) is 1.80. The third-order valence-corrected chi connectivity index (χ3v) is 7.38. The molecule has 3 aliphatic heterocycles. The molecule has 0 N–H and O–H groups in total. The van der Waals surface area contributed by atoms with E-state index < -0.39 is 10.0 Å². The predicted molar refractivity (Wildman–Crippen MR) is 91.5 cm³/mol. The lowest BCUT2D eigenvalue weighted by atomic mass is 10.2. The average molecular weight is 349 g/mol. The van der Waals surface area contributed by atoms with Gasteiger partial charge in [-0.25, -0.2) is 8.42 Å². The Morgan fingerprint density at radius 2 is 2.00 bits per heavy atom. The number of sulfonamides is 1. The maximum absolute atomic E-state index is 13.1. The quantitative estimate of drug-likeness (QED) is 0.801. The number of hydrogen-bond donors (Lipinski definition) is 0. The number of nitrogens with zero attached hydrogens (tertiary/aromatic N) is 3. The van der Waals surface area contributed by atoms with Crippen molar-refractivity contribution in [3.8, 4) is 0 Å². The summed E-state index contributed by atoms with van der Waals surface area (Å²) in [5, 5.41) is 0. The number of carbonyl (C=O) groups is 1. The van der Waals surface area contributed by atoms with Crippen molar-refractivity contribution < 1.29 is 13.2 Å². The first-order chi connectivity index (χ1) is 11.5. The minimum absolute atomic E-state index is 0.0390. The fraction of sp³-hybridized carbons (Fsp3) is 0.588. The van der Waals surface area contributed by atoms with E-state index in [0.29, 0.717) is 30.6 Å². The molecule has 1 aromatic rings. The van der Waals surface area contributed by atoms with Crippen molar-refractivity contribution in [1.29, 1.82) is 0 Å². The van der Waals surface area contributed by atoms with Gasteiger partial charge in [-0.15, -0.1) is 0 Å². The van der Waals surface area contributed by atoms with Crippen LogP contribution >= 0.6 is 0 Å². The Bertz CT molecular complexity index is 777. The first kappa shape index (κ1) is 16.1. The molecule has 0 aliphatic carbocycles. The molecular weight excluding hydrogens is 326 g/mol. The fourth-order valence-corrected chi connectivity index (χ4v) is 5.67. The molecule has 1 aromatic carbocycles. The lowest BCUT2D eigenvalue weighted by Crippen LogP contribution is -2.51. The first-order valence-corrected chi connectivity index (χ1v) is 10.1. The Morgan fingerprint density at radius 3 is 2.79 bits per heavy atom. The molecule has 0 spiro atoms. The summed E-state index contributed by atoms with van der Waals surface area (Å²) in [4.78, 5) is 16.1. The third kappa shape index (κ3) is 2.55. The molecule has 24 heavy (non-hydrogen) atoms. The lowest BCUT2D eigenvalue weighted by molar-refractivity contribution is -0.116. The van der Waals surface area contributed by atoms with Gasteiger partial charge in [-0.05, 0) is 43.5 Å². The van der Waals surface area contributed by atoms with Gasteiger partial charge >= 0.3 is 0 Å². The Kier molecular flexibility index (Phi) is 3.89. The summed E-state index contributed by atoms with van der Waals surface area (Å²) in [7, 11) is -3.50. The van der Waals surface area contributed by atoms with Crippen LogP contribution in [0.15, 0.2) is 23.1 Å². The van der Waals surface area contributed by atoms with Gasteiger partial charge in [0, 0.05) is 44.8 Å². The van der Waals surface area contributed by atoms with Gasteiger partial charge in [-0.1, -0.05) is 6.07 Å². The van der Waals surface area contributed by atoms with Crippen molar-refractivity contribution in [2.24, 2.45) is 0 Å². The number of fused-ring (bicyclic) bond motifs is 2. The van der Waals surface area contributed by atoms with E-state index in [1.807, 2.05) is 6.07 Å². The van der Waals surface area contributed by atoms with Crippen LogP contribution in [0.3, 0.4) is 0 Å². The van der Waals surface area contributed by atoms with Crippen molar-refractivity contribution in [3.63, 3.8) is 0 Å². The van der Waals surface area contributed by atoms with E-state index in [9.17, 15) is 13.2 Å². The maximum atomic E-state index is 13.1. The Morgan fingerprint density at radius 1 is 1.17 bits per heavy atom. The number of amides is 1. The van der Waals surface area contributed by atoms with Crippen molar-refractivity contribution in [1.82, 2.24) is 9.21 Å². The number of carbonyl (C=O) groups excluding carboxylic acids is 1. The molecule has 0 aromatic heterocycles. The third-order valence-electron chi connectivity index (χ3n) is 5.52. The zero-order valence-corrected chi connectivity index (χ0v) is 14.8. The van der Waals surface area contributed by atoms with Crippen LogP contribution in [0.4, 0.5) is 5.69 Å². The number of piperazine rings is 1. The largest absolute Gasteiger partial charge is 0.312 e. The van der Waals surface area contributed by atoms with Crippen LogP contribution in [-0.4, -0.2) is 62.3 Å². The van der Waals surface area contributed by atoms with Crippen LogP contribution in [0.1, 0.15) is 25.3 Å². The van der Waals surface area contributed by atoms with E-state index in [1.54, 1.807) is 21.3 Å². The van der Waals surface area contributed by atoms with Crippen molar-refractivity contribution in [2.45, 2.75) is 37.1 Å². The molecule has 0 bridgehead atoms. The lowest BCUT2D eigenvalue weighted by Gasteiger charge is -2.36. The Hall–Kier alpha value is -1.44. The van der Waals surface area contributed by atoms with Gasteiger partial charge in [0.25, 0.3) is 0 Å². The minimum Gasteiger partial charge on any atom is -0.312 e. The van der Waals surface area contributed by atoms with Gasteiger partial charge in [0.1, 0.15) is 0 Å². The van der Waals surface area contributed by atoms with Gasteiger partial charge in [0.05, 0.1) is 4.90 Å². The van der Waals surface area contributed by atoms with Gasteiger partial charge in [-0.3, -0.25) is 9.69 Å². The number of benzene rings is 1. The molecule has 1 amide bonds. The minimum atomic E-state index is -3.50. The van der Waals surface area contributed by atoms with Crippen molar-refractivity contribution in [3.05, 3.63) is 23.8 Å². The molecule has 4 rings (SSSR count). The van der Waals surface area contributed by atoms with Gasteiger partial charge < -0.3 is 4.90 Å². The molecule has 7 heteroatoms. The first-order valence-electron chi connectivity index (χ1n) is 8.62. The summed E-state index contributed by atoms with van der Waals surface area (Å²) in [6.07, 6.45) is 3.02. The van der Waals surface area contributed by atoms with Crippen LogP contribution in [0.2, 0.25) is 0 Å². The molecule has 2 fully saturated rings. The van der Waals surface area contributed by atoms with E-state index in [4.69, 9.17) is 0 Å². The standard InChI is InChI=1S/C17H23N3O3S/c1-13(21)20-8-6-14-4-5-16(11-17(14)20)24(22,23)19-10-9-18-7-2-3-15(18)12-19/h4-5,11,15H,2-3,6-10,12H2,1H3/t15-/m0/s1. The van der Waals surface area contributed by atoms with Crippen LogP contribution in [-0.2, 0) is 21.2 Å². The van der Waals surface area contributed by atoms with E-state index in [1.165, 1.54) is 6.92 Å². The highest BCUT2D eigenvalue weighted by Crippen LogP contribution is 2.32. The topological polar surface area (TPSA) is 60.9 Å². The second kappa shape index (κ2) is 5.82. The second-order valence-electron chi connectivity index (χ2n) is 6.91. The van der Waals surface area contributed by atoms with Crippen molar-refractivity contribution in [2.75, 3.05) is 37.6 Å². The molecule has 0 radical (unpaired) electrons. The number of anilines is 1. The number of rotatable bonds is 2. The van der Waals surface area contributed by atoms with Crippen molar-refractivity contribution >= 4 is 21.6 Å². The molecule has 3 heterocycles. The SMILES string of the molecule is CC(=O)N1CCc2ccc(S(=O)(=O)N3CCN4CCC[C@H]4C3)cc21. The molecule has 6 nitrogen and oxygen atoms in total. The summed E-state index contributed by atoms with van der Waals surface area (Å²) >= 11 is 0. The van der Waals surface area contributed by atoms with Gasteiger partial charge in [0.15, 0.2) is 0 Å². The van der Waals surface area contributed by atoms with Crippen LogP contribution in [0.5, 0.6) is 0 Å². The molecule has 2 saturated heterocycles. The molecule has 3 aliphatic rings. The second-order valence-corrected chi connectivity index (χ2v) is 8.84. The summed E-state index contributed by atoms with van der Waals surface area (Å²) in [5.74, 6) is -0.0390. The smallest absolute Gasteiger partial charge is 0.243 e. The normalized spacial score (nSPS) is 24.9.